The van der Waals surface area contributed by atoms with E-state index in [1.54, 1.807) is 23.6 Å². The van der Waals surface area contributed by atoms with Crippen molar-refractivity contribution in [2.45, 2.75) is 91.3 Å². The molecule has 0 N–H and O–H groups in total. The summed E-state index contributed by atoms with van der Waals surface area (Å²) in [6, 6.07) is 4.15. The van der Waals surface area contributed by atoms with E-state index in [-0.39, 0.29) is 25.4 Å². The predicted octanol–water partition coefficient (Wildman–Crippen LogP) is 6.74. The Bertz CT molecular complexity index is 1560. The van der Waals surface area contributed by atoms with Crippen LogP contribution < -0.4 is 4.90 Å². The number of ether oxygens (including phenoxy) is 4. The molecule has 46 heavy (non-hydrogen) atoms. The third-order valence-corrected chi connectivity index (χ3v) is 7.87. The fourth-order valence-electron chi connectivity index (χ4n) is 5.61. The Labute approximate surface area is 270 Å². The summed E-state index contributed by atoms with van der Waals surface area (Å²) in [5.74, 6) is -1.66. The molecule has 4 rings (SSSR count). The van der Waals surface area contributed by atoms with Gasteiger partial charge in [-0.2, -0.15) is 9.61 Å². The maximum atomic E-state index is 14.0. The van der Waals surface area contributed by atoms with E-state index in [0.717, 1.165) is 18.9 Å². The molecule has 11 heteroatoms. The first-order chi connectivity index (χ1) is 21.8. The average molecular weight is 641 g/mol. The van der Waals surface area contributed by atoms with Crippen molar-refractivity contribution in [3.8, 4) is 0 Å². The van der Waals surface area contributed by atoms with E-state index in [4.69, 9.17) is 29.0 Å². The van der Waals surface area contributed by atoms with Crippen LogP contribution in [0.25, 0.3) is 5.65 Å². The molecule has 250 valence electrons. The maximum Gasteiger partial charge on any atom is 0.340 e. The van der Waals surface area contributed by atoms with Crippen molar-refractivity contribution in [3.63, 3.8) is 0 Å². The van der Waals surface area contributed by atoms with Crippen molar-refractivity contribution in [1.29, 1.82) is 0 Å². The molecule has 2 aromatic heterocycles. The van der Waals surface area contributed by atoms with Crippen molar-refractivity contribution in [2.24, 2.45) is 0 Å². The molecule has 0 amide bonds. The van der Waals surface area contributed by atoms with Crippen LogP contribution in [-0.2, 0) is 43.4 Å². The molecule has 0 aliphatic carbocycles. The lowest BCUT2D eigenvalue weighted by Crippen LogP contribution is -2.45. The number of aryl methyl sites for hydroxylation is 1. The van der Waals surface area contributed by atoms with Gasteiger partial charge in [-0.05, 0) is 84.1 Å². The summed E-state index contributed by atoms with van der Waals surface area (Å²) in [4.78, 5) is 20.5. The van der Waals surface area contributed by atoms with E-state index < -0.39 is 29.3 Å². The normalized spacial score (nSPS) is 15.6. The first-order valence-corrected chi connectivity index (χ1v) is 15.7. The Balaban J connectivity index is 1.73. The lowest BCUT2D eigenvalue weighted by molar-refractivity contribution is -0.166. The number of hydrogen-bond acceptors (Lipinski definition) is 8. The number of aromatic nitrogens is 3. The Morgan fingerprint density at radius 1 is 1.09 bits per heavy atom. The number of benzene rings is 1. The van der Waals surface area contributed by atoms with Crippen LogP contribution in [0.4, 0.5) is 14.6 Å². The zero-order valence-corrected chi connectivity index (χ0v) is 27.8. The predicted molar refractivity (Wildman–Crippen MR) is 173 cm³/mol. The molecule has 1 unspecified atom stereocenters. The maximum absolute atomic E-state index is 14.0. The molecule has 0 saturated carbocycles. The summed E-state index contributed by atoms with van der Waals surface area (Å²) in [6.07, 6.45) is 4.20. The van der Waals surface area contributed by atoms with E-state index >= 15 is 0 Å². The summed E-state index contributed by atoms with van der Waals surface area (Å²) in [7, 11) is 0. The van der Waals surface area contributed by atoms with Gasteiger partial charge in [-0.3, -0.25) is 0 Å². The summed E-state index contributed by atoms with van der Waals surface area (Å²) < 4.78 is 53.5. The number of allylic oxidation sites excluding steroid dienone is 1. The van der Waals surface area contributed by atoms with Gasteiger partial charge in [-0.25, -0.2) is 18.6 Å². The second-order valence-electron chi connectivity index (χ2n) is 12.8. The van der Waals surface area contributed by atoms with Crippen LogP contribution in [0.1, 0.15) is 81.6 Å². The summed E-state index contributed by atoms with van der Waals surface area (Å²) in [5.41, 5.74) is 2.51. The van der Waals surface area contributed by atoms with Crippen LogP contribution in [0.3, 0.4) is 0 Å². The Morgan fingerprint density at radius 3 is 2.37 bits per heavy atom. The second kappa shape index (κ2) is 14.8. The SMILES string of the molecule is C=CCOC1(C)CCN(c2c(C(OC(C)(C)C)C(=O)OCC)c(C)nc3cc(COCc4cc(F)c(F)cc4CC=C)nn23)CC1. The summed E-state index contributed by atoms with van der Waals surface area (Å²) in [5, 5.41) is 4.87. The van der Waals surface area contributed by atoms with E-state index in [9.17, 15) is 13.6 Å². The lowest BCUT2D eigenvalue weighted by atomic mass is 9.92. The molecule has 0 spiro atoms. The third kappa shape index (κ3) is 8.37. The summed E-state index contributed by atoms with van der Waals surface area (Å²) in [6.45, 7) is 21.0. The fourth-order valence-corrected chi connectivity index (χ4v) is 5.61. The molecule has 1 fully saturated rings. The molecule has 1 saturated heterocycles. The highest BCUT2D eigenvalue weighted by Gasteiger charge is 2.38. The smallest absolute Gasteiger partial charge is 0.340 e. The van der Waals surface area contributed by atoms with Gasteiger partial charge in [-0.15, -0.1) is 13.2 Å². The number of fused-ring (bicyclic) bond motifs is 1. The van der Waals surface area contributed by atoms with Gasteiger partial charge in [0.25, 0.3) is 0 Å². The van der Waals surface area contributed by atoms with Crippen LogP contribution in [0.5, 0.6) is 0 Å². The molecule has 3 heterocycles. The van der Waals surface area contributed by atoms with Gasteiger partial charge in [-0.1, -0.05) is 12.2 Å². The number of carbonyl (C=O) groups is 1. The van der Waals surface area contributed by atoms with Crippen molar-refractivity contribution in [3.05, 3.63) is 83.2 Å². The van der Waals surface area contributed by atoms with Crippen LogP contribution in [0.2, 0.25) is 0 Å². The van der Waals surface area contributed by atoms with E-state index in [1.165, 1.54) is 6.07 Å². The Kier molecular flexibility index (Phi) is 11.3. The van der Waals surface area contributed by atoms with Crippen molar-refractivity contribution < 1.29 is 32.5 Å². The van der Waals surface area contributed by atoms with Gasteiger partial charge in [0, 0.05) is 24.8 Å². The molecule has 0 radical (unpaired) electrons. The highest BCUT2D eigenvalue weighted by atomic mass is 19.2. The molecule has 9 nitrogen and oxygen atoms in total. The number of hydrogen-bond donors (Lipinski definition) is 0. The van der Waals surface area contributed by atoms with E-state index in [2.05, 4.69) is 25.0 Å². The van der Waals surface area contributed by atoms with Gasteiger partial charge in [0.1, 0.15) is 5.82 Å². The molecule has 3 aromatic rings. The third-order valence-electron chi connectivity index (χ3n) is 7.87. The molecule has 0 bridgehead atoms. The topological polar surface area (TPSA) is 87.4 Å². The van der Waals surface area contributed by atoms with Gasteiger partial charge in [0.05, 0.1) is 48.9 Å². The standard InChI is InChI=1S/C35H46F2N4O5/c1-9-12-24-18-27(36)28(37)19-25(24)21-43-22-26-20-29-38-23(4)30(31(33(42)44-11-3)46-34(5,6)7)32(41(29)39-26)40-15-13-35(8,14-16-40)45-17-10-2/h9-10,18-20,31H,1-2,11-17,21-22H2,3-8H3. The number of anilines is 1. The van der Waals surface area contributed by atoms with Gasteiger partial charge in [0.15, 0.2) is 23.4 Å². The van der Waals surface area contributed by atoms with Crippen LogP contribution in [0, 0.1) is 18.6 Å². The van der Waals surface area contributed by atoms with Crippen molar-refractivity contribution in [1.82, 2.24) is 14.6 Å². The number of piperidine rings is 1. The highest BCUT2D eigenvalue weighted by molar-refractivity contribution is 5.80. The lowest BCUT2D eigenvalue weighted by Gasteiger charge is -2.41. The van der Waals surface area contributed by atoms with Crippen LogP contribution in [-0.4, -0.2) is 58.1 Å². The second-order valence-corrected chi connectivity index (χ2v) is 12.8. The Hall–Kier alpha value is -3.67. The first-order valence-electron chi connectivity index (χ1n) is 15.7. The number of esters is 1. The molecule has 1 atom stereocenters. The highest BCUT2D eigenvalue weighted by Crippen LogP contribution is 2.38. The van der Waals surface area contributed by atoms with Gasteiger partial charge < -0.3 is 23.8 Å². The number of carbonyl (C=O) groups excluding carboxylic acids is 1. The zero-order chi connectivity index (χ0) is 33.6. The quantitative estimate of drug-likeness (QED) is 0.141. The molecule has 1 aromatic carbocycles. The van der Waals surface area contributed by atoms with Gasteiger partial charge >= 0.3 is 5.97 Å². The fraction of sp³-hybridized carbons (Fsp3) is 0.514. The van der Waals surface area contributed by atoms with E-state index in [1.807, 2.05) is 33.8 Å². The minimum absolute atomic E-state index is 0.0541. The number of rotatable bonds is 14. The number of nitrogens with zero attached hydrogens (tertiary/aromatic N) is 4. The largest absolute Gasteiger partial charge is 0.464 e. The van der Waals surface area contributed by atoms with Crippen LogP contribution in [0.15, 0.2) is 43.5 Å². The monoisotopic (exact) mass is 640 g/mol. The minimum atomic E-state index is -1.04. The number of halogens is 2. The van der Waals surface area contributed by atoms with Gasteiger partial charge in [0.2, 0.25) is 0 Å². The summed E-state index contributed by atoms with van der Waals surface area (Å²) >= 11 is 0. The first kappa shape index (κ1) is 35.2. The molecular formula is C35H46F2N4O5. The Morgan fingerprint density at radius 2 is 1.76 bits per heavy atom. The average Bonchev–Trinajstić information content (AvgIpc) is 3.39. The van der Waals surface area contributed by atoms with Crippen LogP contribution >= 0.6 is 0 Å². The van der Waals surface area contributed by atoms with Crippen molar-refractivity contribution in [2.75, 3.05) is 31.2 Å². The molecule has 1 aliphatic heterocycles. The zero-order valence-electron chi connectivity index (χ0n) is 27.8. The minimum Gasteiger partial charge on any atom is -0.464 e. The van der Waals surface area contributed by atoms with E-state index in [0.29, 0.717) is 65.7 Å². The molecule has 1 aliphatic rings. The molecular weight excluding hydrogens is 594 g/mol. The van der Waals surface area contributed by atoms with Crippen molar-refractivity contribution >= 4 is 17.4 Å².